The van der Waals surface area contributed by atoms with E-state index in [0.29, 0.717) is 24.3 Å². The molecule has 2 aromatic heterocycles. The molecule has 1 saturated carbocycles. The van der Waals surface area contributed by atoms with Crippen molar-refractivity contribution in [1.82, 2.24) is 19.5 Å². The average molecular weight is 514 g/mol. The van der Waals surface area contributed by atoms with Crippen LogP contribution in [0.1, 0.15) is 63.3 Å². The molecule has 5 rings (SSSR count). The number of nitrogens with one attached hydrogen (secondary N) is 1. The molecule has 0 atom stereocenters. The van der Waals surface area contributed by atoms with Gasteiger partial charge in [-0.1, -0.05) is 75.1 Å². The minimum absolute atomic E-state index is 0.440. The van der Waals surface area contributed by atoms with Gasteiger partial charge in [-0.2, -0.15) is 4.98 Å². The van der Waals surface area contributed by atoms with Gasteiger partial charge in [0, 0.05) is 18.0 Å². The summed E-state index contributed by atoms with van der Waals surface area (Å²) in [6.45, 7) is 2.86. The molecule has 2 aromatic carbocycles. The van der Waals surface area contributed by atoms with Crippen molar-refractivity contribution in [2.45, 2.75) is 70.9 Å². The Morgan fingerprint density at radius 2 is 1.84 bits per heavy atom. The van der Waals surface area contributed by atoms with Crippen LogP contribution in [0.5, 0.6) is 5.75 Å². The van der Waals surface area contributed by atoms with Gasteiger partial charge >= 0.3 is 6.16 Å². The Hall–Kier alpha value is -3.94. The van der Waals surface area contributed by atoms with Crippen LogP contribution < -0.4 is 10.1 Å². The molecule has 0 bridgehead atoms. The number of unbranched alkanes of at least 4 members (excludes halogenated alkanes) is 1. The highest BCUT2D eigenvalue weighted by molar-refractivity contribution is 5.75. The lowest BCUT2D eigenvalue weighted by Gasteiger charge is -2.22. The van der Waals surface area contributed by atoms with Crippen molar-refractivity contribution >= 4 is 23.3 Å². The van der Waals surface area contributed by atoms with Crippen molar-refractivity contribution in [1.29, 1.82) is 0 Å². The molecule has 0 aliphatic heterocycles. The van der Waals surface area contributed by atoms with Crippen LogP contribution in [0.4, 0.5) is 10.7 Å². The van der Waals surface area contributed by atoms with Gasteiger partial charge in [0.15, 0.2) is 5.65 Å². The van der Waals surface area contributed by atoms with Gasteiger partial charge in [-0.15, -0.1) is 0 Å². The number of para-hydroxylation sites is 1. The largest absolute Gasteiger partial charge is 0.513 e. The van der Waals surface area contributed by atoms with Crippen LogP contribution in [-0.2, 0) is 17.7 Å². The fourth-order valence-corrected chi connectivity index (χ4v) is 5.05. The summed E-state index contributed by atoms with van der Waals surface area (Å²) in [6, 6.07) is 16.2. The molecule has 1 aliphatic rings. The van der Waals surface area contributed by atoms with Crippen LogP contribution in [0.25, 0.3) is 22.3 Å². The van der Waals surface area contributed by atoms with Crippen LogP contribution in [-0.4, -0.2) is 38.8 Å². The van der Waals surface area contributed by atoms with Gasteiger partial charge in [0.25, 0.3) is 0 Å². The molecule has 8 heteroatoms. The second-order valence-corrected chi connectivity index (χ2v) is 9.85. The molecule has 0 radical (unpaired) electrons. The Kier molecular flexibility index (Phi) is 8.16. The fourth-order valence-electron chi connectivity index (χ4n) is 5.05. The monoisotopic (exact) mass is 513 g/mol. The van der Waals surface area contributed by atoms with Crippen LogP contribution in [0.15, 0.2) is 54.7 Å². The molecule has 8 nitrogen and oxygen atoms in total. The first-order valence-electron chi connectivity index (χ1n) is 13.6. The van der Waals surface area contributed by atoms with Gasteiger partial charge < -0.3 is 19.4 Å². The number of rotatable bonds is 9. The summed E-state index contributed by atoms with van der Waals surface area (Å²) in [5.41, 5.74) is 4.61. The molecule has 4 aromatic rings. The smallest absolute Gasteiger partial charge is 0.437 e. The number of ether oxygens (including phenoxy) is 2. The van der Waals surface area contributed by atoms with Crippen molar-refractivity contribution in [2.24, 2.45) is 0 Å². The topological polar surface area (TPSA) is 91.2 Å². The number of benzene rings is 2. The van der Waals surface area contributed by atoms with Crippen LogP contribution >= 0.6 is 0 Å². The number of aromatic nitrogens is 4. The van der Waals surface area contributed by atoms with Gasteiger partial charge in [0.1, 0.15) is 17.1 Å². The quantitative estimate of drug-likeness (QED) is 0.195. The Morgan fingerprint density at radius 1 is 1.05 bits per heavy atom. The van der Waals surface area contributed by atoms with Crippen molar-refractivity contribution in [3.05, 3.63) is 66.1 Å². The van der Waals surface area contributed by atoms with E-state index in [2.05, 4.69) is 38.7 Å². The Labute approximate surface area is 223 Å². The molecule has 0 unspecified atom stereocenters. The number of carbonyl (C=O) groups is 1. The number of anilines is 1. The van der Waals surface area contributed by atoms with Crippen molar-refractivity contribution in [3.8, 4) is 16.9 Å². The minimum Gasteiger partial charge on any atom is -0.437 e. The van der Waals surface area contributed by atoms with E-state index in [9.17, 15) is 4.79 Å². The highest BCUT2D eigenvalue weighted by atomic mass is 16.7. The fraction of sp³-hybridized carbons (Fsp3) is 0.400. The lowest BCUT2D eigenvalue weighted by molar-refractivity contribution is 0.121. The van der Waals surface area contributed by atoms with Crippen molar-refractivity contribution in [2.75, 3.05) is 12.4 Å². The summed E-state index contributed by atoms with van der Waals surface area (Å²) in [4.78, 5) is 26.1. The van der Waals surface area contributed by atoms with Gasteiger partial charge in [-0.05, 0) is 36.5 Å². The standard InChI is InChI=1S/C30H35N5O3/c1-3-4-14-27-33-25-19-31-29(32-23-10-6-5-7-11-23)34-28(25)35(27)20-21-15-17-22(18-16-21)24-12-8-9-13-26(24)38-30(36)37-2/h8-9,12-13,15-19,23H,3-7,10-11,14,20H2,1-2H3,(H,31,32,34). The maximum Gasteiger partial charge on any atom is 0.513 e. The molecule has 2 heterocycles. The Bertz CT molecular complexity index is 1380. The summed E-state index contributed by atoms with van der Waals surface area (Å²) < 4.78 is 12.2. The summed E-state index contributed by atoms with van der Waals surface area (Å²) in [7, 11) is 1.30. The molecule has 198 valence electrons. The zero-order chi connectivity index (χ0) is 26.3. The first-order chi connectivity index (χ1) is 18.6. The predicted molar refractivity (Wildman–Crippen MR) is 148 cm³/mol. The Morgan fingerprint density at radius 3 is 2.61 bits per heavy atom. The first kappa shape index (κ1) is 25.7. The van der Waals surface area contributed by atoms with E-state index in [0.717, 1.165) is 52.9 Å². The second-order valence-electron chi connectivity index (χ2n) is 9.85. The molecule has 1 N–H and O–H groups in total. The molecule has 0 saturated heterocycles. The third-order valence-corrected chi connectivity index (χ3v) is 7.11. The first-order valence-corrected chi connectivity index (χ1v) is 13.6. The number of imidazole rings is 1. The third-order valence-electron chi connectivity index (χ3n) is 7.11. The van der Waals surface area contributed by atoms with Gasteiger partial charge in [0.05, 0.1) is 19.9 Å². The Balaban J connectivity index is 1.41. The normalized spacial score (nSPS) is 13.9. The van der Waals surface area contributed by atoms with Crippen molar-refractivity contribution < 1.29 is 14.3 Å². The number of aryl methyl sites for hydroxylation is 1. The number of carbonyl (C=O) groups excluding carboxylic acids is 1. The van der Waals surface area contributed by atoms with Gasteiger partial charge in [-0.3, -0.25) is 0 Å². The SMILES string of the molecule is CCCCc1nc2cnc(NC3CCCCC3)nc2n1Cc1ccc(-c2ccccc2OC(=O)OC)cc1. The lowest BCUT2D eigenvalue weighted by atomic mass is 9.96. The number of fused-ring (bicyclic) bond motifs is 1. The molecule has 0 amide bonds. The van der Waals surface area contributed by atoms with E-state index in [4.69, 9.17) is 14.7 Å². The summed E-state index contributed by atoms with van der Waals surface area (Å²) >= 11 is 0. The molecule has 0 spiro atoms. The van der Waals surface area contributed by atoms with E-state index in [1.165, 1.54) is 39.2 Å². The molecule has 1 aliphatic carbocycles. The minimum atomic E-state index is -0.736. The van der Waals surface area contributed by atoms with Crippen LogP contribution in [0.2, 0.25) is 0 Å². The highest BCUT2D eigenvalue weighted by Crippen LogP contribution is 2.31. The van der Waals surface area contributed by atoms with E-state index in [1.807, 2.05) is 36.5 Å². The molecule has 1 fully saturated rings. The highest BCUT2D eigenvalue weighted by Gasteiger charge is 2.18. The van der Waals surface area contributed by atoms with Gasteiger partial charge in [-0.25, -0.2) is 14.8 Å². The zero-order valence-corrected chi connectivity index (χ0v) is 22.2. The van der Waals surface area contributed by atoms with Crippen molar-refractivity contribution in [3.63, 3.8) is 0 Å². The van der Waals surface area contributed by atoms with Crippen LogP contribution in [0.3, 0.4) is 0 Å². The van der Waals surface area contributed by atoms with Crippen LogP contribution in [0, 0.1) is 0 Å². The molecular weight excluding hydrogens is 478 g/mol. The maximum absolute atomic E-state index is 11.7. The van der Waals surface area contributed by atoms with E-state index < -0.39 is 6.16 Å². The van der Waals surface area contributed by atoms with Gasteiger partial charge in [0.2, 0.25) is 5.95 Å². The second kappa shape index (κ2) is 12.1. The number of nitrogens with zero attached hydrogens (tertiary/aromatic N) is 4. The molecular formula is C30H35N5O3. The third kappa shape index (κ3) is 5.96. The number of methoxy groups -OCH3 is 1. The molecule has 38 heavy (non-hydrogen) atoms. The predicted octanol–water partition coefficient (Wildman–Crippen LogP) is 6.77. The van der Waals surface area contributed by atoms with E-state index in [1.54, 1.807) is 6.07 Å². The summed E-state index contributed by atoms with van der Waals surface area (Å²) in [6.07, 6.45) is 10.3. The number of hydrogen-bond donors (Lipinski definition) is 1. The summed E-state index contributed by atoms with van der Waals surface area (Å²) in [5.74, 6) is 2.18. The number of hydrogen-bond acceptors (Lipinski definition) is 7. The van der Waals surface area contributed by atoms with E-state index >= 15 is 0 Å². The average Bonchev–Trinajstić information content (AvgIpc) is 3.29. The van der Waals surface area contributed by atoms with E-state index in [-0.39, 0.29) is 0 Å². The summed E-state index contributed by atoms with van der Waals surface area (Å²) in [5, 5.41) is 3.56. The maximum atomic E-state index is 11.7. The zero-order valence-electron chi connectivity index (χ0n) is 22.2. The lowest BCUT2D eigenvalue weighted by Crippen LogP contribution is -2.23.